The van der Waals surface area contributed by atoms with Gasteiger partial charge in [0, 0.05) is 33.3 Å². The van der Waals surface area contributed by atoms with E-state index in [1.54, 1.807) is 4.90 Å². The smallest absolute Gasteiger partial charge is 0.317 e. The molecule has 1 fully saturated rings. The highest BCUT2D eigenvalue weighted by Crippen LogP contribution is 2.17. The molecule has 0 spiro atoms. The van der Waals surface area contributed by atoms with Crippen LogP contribution in [-0.4, -0.2) is 61.0 Å². The summed E-state index contributed by atoms with van der Waals surface area (Å²) in [5, 5.41) is 11.0. The van der Waals surface area contributed by atoms with Crippen LogP contribution in [0.5, 0.6) is 5.88 Å². The Hall–Kier alpha value is -2.05. The molecule has 116 valence electrons. The van der Waals surface area contributed by atoms with Gasteiger partial charge in [-0.25, -0.2) is 4.79 Å². The number of ether oxygens (including phenoxy) is 1. The highest BCUT2D eigenvalue weighted by atomic mass is 16.5. The third-order valence-corrected chi connectivity index (χ3v) is 3.36. The molecule has 1 unspecified atom stereocenters. The molecule has 0 radical (unpaired) electrons. The van der Waals surface area contributed by atoms with E-state index in [1.807, 2.05) is 38.1 Å². The number of carbonyl (C=O) groups excluding carboxylic acids is 1. The predicted molar refractivity (Wildman–Crippen MR) is 80.7 cm³/mol. The van der Waals surface area contributed by atoms with Crippen LogP contribution < -0.4 is 15.0 Å². The van der Waals surface area contributed by atoms with Gasteiger partial charge in [0.1, 0.15) is 6.10 Å². The van der Waals surface area contributed by atoms with E-state index in [2.05, 4.69) is 15.5 Å². The molecule has 1 aliphatic rings. The summed E-state index contributed by atoms with van der Waals surface area (Å²) in [5.74, 6) is 1.29. The first-order valence-electron chi connectivity index (χ1n) is 7.30. The lowest BCUT2D eigenvalue weighted by molar-refractivity contribution is 0.0972. The fraction of sp³-hybridized carbons (Fsp3) is 0.643. The number of anilines is 1. The summed E-state index contributed by atoms with van der Waals surface area (Å²) < 4.78 is 5.83. The van der Waals surface area contributed by atoms with Crippen molar-refractivity contribution in [2.75, 3.05) is 38.6 Å². The van der Waals surface area contributed by atoms with Crippen LogP contribution in [0.4, 0.5) is 10.6 Å². The highest BCUT2D eigenvalue weighted by Gasteiger charge is 2.24. The fourth-order valence-corrected chi connectivity index (χ4v) is 2.27. The second kappa shape index (κ2) is 7.10. The molecule has 1 saturated heterocycles. The summed E-state index contributed by atoms with van der Waals surface area (Å²) in [4.78, 5) is 15.5. The molecule has 21 heavy (non-hydrogen) atoms. The number of nitrogens with one attached hydrogen (secondary N) is 1. The van der Waals surface area contributed by atoms with Crippen LogP contribution >= 0.6 is 0 Å². The average Bonchev–Trinajstić information content (AvgIpc) is 2.48. The van der Waals surface area contributed by atoms with Gasteiger partial charge >= 0.3 is 6.03 Å². The largest absolute Gasteiger partial charge is 0.471 e. The molecule has 0 bridgehead atoms. The van der Waals surface area contributed by atoms with Crippen molar-refractivity contribution in [3.05, 3.63) is 12.1 Å². The molecule has 1 N–H and O–H groups in total. The summed E-state index contributed by atoms with van der Waals surface area (Å²) >= 11 is 0. The molecule has 1 atom stereocenters. The lowest BCUT2D eigenvalue weighted by Gasteiger charge is -2.32. The summed E-state index contributed by atoms with van der Waals surface area (Å²) in [6.45, 7) is 3.91. The van der Waals surface area contributed by atoms with E-state index in [0.717, 1.165) is 25.2 Å². The first-order valence-corrected chi connectivity index (χ1v) is 7.30. The molecular weight excluding hydrogens is 270 g/mol. The maximum absolute atomic E-state index is 11.8. The first-order chi connectivity index (χ1) is 10.1. The molecule has 1 aromatic heterocycles. The van der Waals surface area contributed by atoms with Gasteiger partial charge in [0.15, 0.2) is 5.82 Å². The average molecular weight is 293 g/mol. The minimum atomic E-state index is -0.0279. The molecule has 2 heterocycles. The van der Waals surface area contributed by atoms with Gasteiger partial charge in [-0.2, -0.15) is 0 Å². The third kappa shape index (κ3) is 4.21. The van der Waals surface area contributed by atoms with E-state index in [9.17, 15) is 4.79 Å². The van der Waals surface area contributed by atoms with Crippen molar-refractivity contribution in [3.63, 3.8) is 0 Å². The highest BCUT2D eigenvalue weighted by molar-refractivity contribution is 5.74. The number of amides is 2. The normalized spacial score (nSPS) is 18.2. The number of rotatable bonds is 4. The Morgan fingerprint density at radius 1 is 1.48 bits per heavy atom. The van der Waals surface area contributed by atoms with E-state index in [0.29, 0.717) is 19.0 Å². The number of aromatic nitrogens is 2. The van der Waals surface area contributed by atoms with Crippen molar-refractivity contribution in [1.29, 1.82) is 0 Å². The van der Waals surface area contributed by atoms with Crippen LogP contribution in [0.25, 0.3) is 0 Å². The lowest BCUT2D eigenvalue weighted by atomic mass is 10.1. The lowest BCUT2D eigenvalue weighted by Crippen LogP contribution is -2.48. The number of urea groups is 1. The number of carbonyl (C=O) groups is 1. The molecule has 1 aliphatic heterocycles. The van der Waals surface area contributed by atoms with E-state index < -0.39 is 0 Å². The number of nitrogens with zero attached hydrogens (tertiary/aromatic N) is 4. The second-order valence-corrected chi connectivity index (χ2v) is 5.29. The van der Waals surface area contributed by atoms with Crippen molar-refractivity contribution >= 4 is 11.8 Å². The molecule has 1 aromatic rings. The van der Waals surface area contributed by atoms with Crippen LogP contribution in [-0.2, 0) is 0 Å². The predicted octanol–water partition coefficient (Wildman–Crippen LogP) is 1.12. The zero-order chi connectivity index (χ0) is 15.2. The number of hydrogen-bond acceptors (Lipinski definition) is 5. The standard InChI is InChI=1S/C14H23N5O2/c1-4-15-14(20)19-9-5-6-11(10-19)21-13-8-7-12(16-17-13)18(2)3/h7-8,11H,4-6,9-10H2,1-3H3,(H,15,20). The second-order valence-electron chi connectivity index (χ2n) is 5.29. The zero-order valence-electron chi connectivity index (χ0n) is 12.9. The molecule has 0 aromatic carbocycles. The van der Waals surface area contributed by atoms with Gasteiger partial charge in [0.25, 0.3) is 0 Å². The van der Waals surface area contributed by atoms with Gasteiger partial charge in [-0.15, -0.1) is 10.2 Å². The van der Waals surface area contributed by atoms with Crippen molar-refractivity contribution in [2.24, 2.45) is 0 Å². The Balaban J connectivity index is 1.91. The molecule has 2 rings (SSSR count). The zero-order valence-corrected chi connectivity index (χ0v) is 12.9. The topological polar surface area (TPSA) is 70.6 Å². The molecule has 2 amide bonds. The van der Waals surface area contributed by atoms with Crippen LogP contribution in [0, 0.1) is 0 Å². The number of hydrogen-bond donors (Lipinski definition) is 1. The van der Waals surface area contributed by atoms with Crippen LogP contribution in [0.2, 0.25) is 0 Å². The van der Waals surface area contributed by atoms with Crippen molar-refractivity contribution in [3.8, 4) is 5.88 Å². The van der Waals surface area contributed by atoms with Crippen molar-refractivity contribution in [2.45, 2.75) is 25.9 Å². The molecular formula is C14H23N5O2. The monoisotopic (exact) mass is 293 g/mol. The van der Waals surface area contributed by atoms with Crippen molar-refractivity contribution in [1.82, 2.24) is 20.4 Å². The summed E-state index contributed by atoms with van der Waals surface area (Å²) in [7, 11) is 3.83. The van der Waals surface area contributed by atoms with Crippen LogP contribution in [0.15, 0.2) is 12.1 Å². The fourth-order valence-electron chi connectivity index (χ4n) is 2.27. The van der Waals surface area contributed by atoms with E-state index >= 15 is 0 Å². The summed E-state index contributed by atoms with van der Waals surface area (Å²) in [6, 6.07) is 3.65. The minimum Gasteiger partial charge on any atom is -0.471 e. The SMILES string of the molecule is CCNC(=O)N1CCCC(Oc2ccc(N(C)C)nn2)C1. The Morgan fingerprint density at radius 3 is 2.90 bits per heavy atom. The van der Waals surface area contributed by atoms with E-state index in [1.165, 1.54) is 0 Å². The van der Waals surface area contributed by atoms with Gasteiger partial charge in [0.2, 0.25) is 5.88 Å². The minimum absolute atomic E-state index is 0.0270. The van der Waals surface area contributed by atoms with Crippen molar-refractivity contribution < 1.29 is 9.53 Å². The molecule has 7 heteroatoms. The molecule has 0 saturated carbocycles. The quantitative estimate of drug-likeness (QED) is 0.900. The van der Waals surface area contributed by atoms with E-state index in [-0.39, 0.29) is 12.1 Å². The Kier molecular flexibility index (Phi) is 5.19. The van der Waals surface area contributed by atoms with Gasteiger partial charge in [0.05, 0.1) is 6.54 Å². The third-order valence-electron chi connectivity index (χ3n) is 3.36. The maximum Gasteiger partial charge on any atom is 0.317 e. The summed E-state index contributed by atoms with van der Waals surface area (Å²) in [5.41, 5.74) is 0. The Labute approximate surface area is 125 Å². The van der Waals surface area contributed by atoms with Crippen LogP contribution in [0.1, 0.15) is 19.8 Å². The summed E-state index contributed by atoms with van der Waals surface area (Å²) in [6.07, 6.45) is 1.83. The van der Waals surface area contributed by atoms with Gasteiger partial charge in [-0.05, 0) is 25.8 Å². The van der Waals surface area contributed by atoms with Gasteiger partial charge in [-0.3, -0.25) is 0 Å². The van der Waals surface area contributed by atoms with Gasteiger partial charge < -0.3 is 19.9 Å². The van der Waals surface area contributed by atoms with Crippen LogP contribution in [0.3, 0.4) is 0 Å². The van der Waals surface area contributed by atoms with E-state index in [4.69, 9.17) is 4.74 Å². The first kappa shape index (κ1) is 15.3. The maximum atomic E-state index is 11.8. The molecule has 0 aliphatic carbocycles. The number of piperidine rings is 1. The van der Waals surface area contributed by atoms with Gasteiger partial charge in [-0.1, -0.05) is 0 Å². The molecule has 7 nitrogen and oxygen atoms in total. The Bertz CT molecular complexity index is 463. The number of likely N-dealkylation sites (tertiary alicyclic amines) is 1. The Morgan fingerprint density at radius 2 is 2.29 bits per heavy atom.